The lowest BCUT2D eigenvalue weighted by atomic mass is 9.42. The molecule has 1 spiro atoms. The number of rotatable bonds is 0. The van der Waals surface area contributed by atoms with Gasteiger partial charge in [0, 0.05) is 11.3 Å². The molecule has 0 radical (unpaired) electrons. The molecule has 0 N–H and O–H groups in total. The van der Waals surface area contributed by atoms with Gasteiger partial charge in [0.25, 0.3) is 0 Å². The first-order valence-corrected chi connectivity index (χ1v) is 14.6. The van der Waals surface area contributed by atoms with Crippen molar-refractivity contribution in [2.45, 2.75) is 60.3 Å². The quantitative estimate of drug-likeness (QED) is 0.233. The van der Waals surface area contributed by atoms with Crippen molar-refractivity contribution in [3.05, 3.63) is 98.6 Å². The highest BCUT2D eigenvalue weighted by molar-refractivity contribution is 6.34. The SMILES string of the molecule is CC1=C2c3c(C)ccc4ccc(C)c(c34)C23[C@]2(C)C(=O)C(C[C@@]3(C)C1=O)C1=C2c2c(C)ccc3ccc(C)c1c23. The van der Waals surface area contributed by atoms with Gasteiger partial charge in [0.2, 0.25) is 0 Å². The summed E-state index contributed by atoms with van der Waals surface area (Å²) < 4.78 is 0. The van der Waals surface area contributed by atoms with Gasteiger partial charge in [-0.1, -0.05) is 55.5 Å². The number of carbonyl (C=O) groups is 2. The van der Waals surface area contributed by atoms with E-state index in [-0.39, 0.29) is 11.7 Å². The van der Waals surface area contributed by atoms with Crippen molar-refractivity contribution in [1.29, 1.82) is 0 Å². The normalized spacial score (nSPS) is 30.7. The van der Waals surface area contributed by atoms with Crippen LogP contribution in [0.3, 0.4) is 0 Å². The second-order valence-corrected chi connectivity index (χ2v) is 13.7. The predicted octanol–water partition coefficient (Wildman–Crippen LogP) is 8.37. The second kappa shape index (κ2) is 6.41. The molecular formula is C38H32O2. The van der Waals surface area contributed by atoms with E-state index >= 15 is 4.79 Å². The van der Waals surface area contributed by atoms with E-state index in [1.807, 2.05) is 6.92 Å². The number of hydrogen-bond acceptors (Lipinski definition) is 2. The third-order valence-electron chi connectivity index (χ3n) is 12.1. The first-order chi connectivity index (χ1) is 19.0. The van der Waals surface area contributed by atoms with Crippen LogP contribution in [0.15, 0.2) is 54.1 Å². The van der Waals surface area contributed by atoms with Crippen molar-refractivity contribution in [3.63, 3.8) is 0 Å². The molecule has 9 rings (SSSR count). The van der Waals surface area contributed by atoms with Gasteiger partial charge in [-0.3, -0.25) is 9.59 Å². The highest BCUT2D eigenvalue weighted by Crippen LogP contribution is 2.82. The molecule has 0 saturated heterocycles. The Labute approximate surface area is 234 Å². The van der Waals surface area contributed by atoms with Crippen LogP contribution >= 0.6 is 0 Å². The summed E-state index contributed by atoms with van der Waals surface area (Å²) in [6.45, 7) is 15.2. The Balaban J connectivity index is 1.54. The Kier molecular flexibility index (Phi) is 3.68. The van der Waals surface area contributed by atoms with Crippen molar-refractivity contribution in [2.75, 3.05) is 0 Å². The van der Waals surface area contributed by atoms with Gasteiger partial charge in [0.15, 0.2) is 11.6 Å². The molecule has 40 heavy (non-hydrogen) atoms. The van der Waals surface area contributed by atoms with E-state index in [1.165, 1.54) is 77.2 Å². The van der Waals surface area contributed by atoms with Crippen LogP contribution in [0.5, 0.6) is 0 Å². The molecule has 4 aromatic rings. The zero-order chi connectivity index (χ0) is 27.8. The van der Waals surface area contributed by atoms with Gasteiger partial charge >= 0.3 is 0 Å². The molecule has 4 aromatic carbocycles. The Morgan fingerprint density at radius 3 is 1.80 bits per heavy atom. The van der Waals surface area contributed by atoms with Crippen LogP contribution in [0.4, 0.5) is 0 Å². The fourth-order valence-electron chi connectivity index (χ4n) is 10.8. The number of fused-ring (bicyclic) bond motifs is 7. The summed E-state index contributed by atoms with van der Waals surface area (Å²) >= 11 is 0. The zero-order valence-electron chi connectivity index (χ0n) is 24.2. The Morgan fingerprint density at radius 1 is 0.650 bits per heavy atom. The molecule has 0 heterocycles. The van der Waals surface area contributed by atoms with Crippen LogP contribution in [0.1, 0.15) is 71.7 Å². The largest absolute Gasteiger partial charge is 0.298 e. The van der Waals surface area contributed by atoms with E-state index in [1.54, 1.807) is 0 Å². The number of aryl methyl sites for hydroxylation is 4. The molecule has 2 bridgehead atoms. The molecular weight excluding hydrogens is 488 g/mol. The molecule has 196 valence electrons. The topological polar surface area (TPSA) is 34.1 Å². The van der Waals surface area contributed by atoms with Crippen molar-refractivity contribution < 1.29 is 9.59 Å². The standard InChI is InChI=1S/C38H32O2/c1-17-8-12-22-13-9-18(2)26-28(22)25(17)30-24-16-36(6)34(39)21(5)32-27-19(3)10-14-23-15-11-20(4)31(29(23)27)38(32,36)37(7,33(26)30)35(24)40/h8-15,24H,16H2,1-7H3/t24?,36-,37-,38?/m0/s1. The highest BCUT2D eigenvalue weighted by atomic mass is 16.1. The third kappa shape index (κ3) is 1.89. The fourth-order valence-corrected chi connectivity index (χ4v) is 10.8. The van der Waals surface area contributed by atoms with Crippen LogP contribution in [0, 0.1) is 44.4 Å². The van der Waals surface area contributed by atoms with Crippen LogP contribution in [-0.4, -0.2) is 11.6 Å². The van der Waals surface area contributed by atoms with Gasteiger partial charge in [-0.2, -0.15) is 0 Å². The number of benzene rings is 4. The van der Waals surface area contributed by atoms with E-state index in [9.17, 15) is 4.79 Å². The molecule has 0 aliphatic heterocycles. The predicted molar refractivity (Wildman–Crippen MR) is 162 cm³/mol. The highest BCUT2D eigenvalue weighted by Gasteiger charge is 2.80. The molecule has 2 nitrogen and oxygen atoms in total. The van der Waals surface area contributed by atoms with Crippen LogP contribution in [0.2, 0.25) is 0 Å². The number of allylic oxidation sites excluding steroid dienone is 4. The molecule has 2 heteroatoms. The minimum absolute atomic E-state index is 0.234. The minimum Gasteiger partial charge on any atom is -0.298 e. The average Bonchev–Trinajstić information content (AvgIpc) is 3.56. The summed E-state index contributed by atoms with van der Waals surface area (Å²) in [6, 6.07) is 17.8. The summed E-state index contributed by atoms with van der Waals surface area (Å²) in [5.41, 5.74) is 11.9. The summed E-state index contributed by atoms with van der Waals surface area (Å²) in [5, 5.41) is 5.01. The first kappa shape index (κ1) is 23.0. The lowest BCUT2D eigenvalue weighted by Gasteiger charge is -2.57. The minimum atomic E-state index is -0.863. The van der Waals surface area contributed by atoms with E-state index in [4.69, 9.17) is 0 Å². The molecule has 5 aliphatic carbocycles. The maximum absolute atomic E-state index is 15.2. The molecule has 2 unspecified atom stereocenters. The Morgan fingerprint density at radius 2 is 1.18 bits per heavy atom. The lowest BCUT2D eigenvalue weighted by molar-refractivity contribution is -0.142. The summed E-state index contributed by atoms with van der Waals surface area (Å²) in [7, 11) is 0. The van der Waals surface area contributed by atoms with E-state index in [0.717, 1.165) is 11.1 Å². The van der Waals surface area contributed by atoms with Crippen molar-refractivity contribution >= 4 is 49.8 Å². The molecule has 0 aromatic heterocycles. The van der Waals surface area contributed by atoms with Crippen LogP contribution in [-0.2, 0) is 15.0 Å². The third-order valence-corrected chi connectivity index (χ3v) is 12.1. The lowest BCUT2D eigenvalue weighted by Crippen LogP contribution is -2.61. The molecule has 5 aliphatic rings. The zero-order valence-corrected chi connectivity index (χ0v) is 24.2. The summed E-state index contributed by atoms with van der Waals surface area (Å²) in [4.78, 5) is 29.9. The van der Waals surface area contributed by atoms with E-state index in [2.05, 4.69) is 90.1 Å². The van der Waals surface area contributed by atoms with Gasteiger partial charge in [0.05, 0.1) is 10.8 Å². The van der Waals surface area contributed by atoms with Gasteiger partial charge < -0.3 is 0 Å². The van der Waals surface area contributed by atoms with Crippen LogP contribution in [0.25, 0.3) is 38.3 Å². The van der Waals surface area contributed by atoms with Gasteiger partial charge in [-0.25, -0.2) is 0 Å². The van der Waals surface area contributed by atoms with Crippen LogP contribution < -0.4 is 0 Å². The van der Waals surface area contributed by atoms with Crippen molar-refractivity contribution in [2.24, 2.45) is 16.7 Å². The van der Waals surface area contributed by atoms with Crippen molar-refractivity contribution in [3.8, 4) is 0 Å². The summed E-state index contributed by atoms with van der Waals surface area (Å²) in [5.74, 6) is 0.270. The molecule has 1 saturated carbocycles. The maximum Gasteiger partial charge on any atom is 0.166 e. The monoisotopic (exact) mass is 520 g/mol. The van der Waals surface area contributed by atoms with Crippen molar-refractivity contribution in [1.82, 2.24) is 0 Å². The molecule has 1 fully saturated rings. The van der Waals surface area contributed by atoms with Gasteiger partial charge in [-0.15, -0.1) is 0 Å². The maximum atomic E-state index is 15.2. The van der Waals surface area contributed by atoms with Gasteiger partial charge in [-0.05, 0) is 136 Å². The molecule has 4 atom stereocenters. The number of ketones is 2. The number of Topliss-reactive ketones (excluding diaryl/α,β-unsaturated/α-hetero) is 2. The smallest absolute Gasteiger partial charge is 0.166 e. The number of hydrogen-bond donors (Lipinski definition) is 0. The fraction of sp³-hybridized carbons (Fsp3) is 0.316. The average molecular weight is 521 g/mol. The number of carbonyl (C=O) groups excluding carboxylic acids is 2. The first-order valence-electron chi connectivity index (χ1n) is 14.6. The molecule has 0 amide bonds. The second-order valence-electron chi connectivity index (χ2n) is 13.7. The van der Waals surface area contributed by atoms with E-state index in [0.29, 0.717) is 12.2 Å². The van der Waals surface area contributed by atoms with Gasteiger partial charge in [0.1, 0.15) is 0 Å². The summed E-state index contributed by atoms with van der Waals surface area (Å²) in [6.07, 6.45) is 0.561. The Hall–Kier alpha value is -3.78. The Bertz CT molecular complexity index is 2090. The van der Waals surface area contributed by atoms with E-state index < -0.39 is 16.2 Å².